The van der Waals surface area contributed by atoms with Crippen LogP contribution in [-0.4, -0.2) is 31.5 Å². The molecule has 9 heteroatoms. The van der Waals surface area contributed by atoms with Crippen LogP contribution in [0.5, 0.6) is 0 Å². The van der Waals surface area contributed by atoms with Gasteiger partial charge in [-0.25, -0.2) is 17.6 Å². The lowest BCUT2D eigenvalue weighted by molar-refractivity contribution is -0.131. The molecule has 0 bridgehead atoms. The number of urea groups is 1. The van der Waals surface area contributed by atoms with Crippen LogP contribution in [0.4, 0.5) is 9.18 Å². The SMILES string of the molecule is CC1(c2ccc(S(C)(=O)=O)cc2)NC(=O)N(Cc2ccc(Br)cc2F)C1=O. The van der Waals surface area contributed by atoms with Crippen molar-refractivity contribution in [1.82, 2.24) is 10.2 Å². The smallest absolute Gasteiger partial charge is 0.319 e. The number of amides is 3. The zero-order valence-electron chi connectivity index (χ0n) is 14.5. The molecular weight excluding hydrogens is 439 g/mol. The van der Waals surface area contributed by atoms with E-state index < -0.39 is 33.1 Å². The molecule has 142 valence electrons. The van der Waals surface area contributed by atoms with Crippen molar-refractivity contribution in [1.29, 1.82) is 0 Å². The summed E-state index contributed by atoms with van der Waals surface area (Å²) in [7, 11) is -3.38. The molecule has 0 aromatic heterocycles. The normalized spacial score (nSPS) is 20.1. The summed E-state index contributed by atoms with van der Waals surface area (Å²) >= 11 is 3.16. The maximum Gasteiger partial charge on any atom is 0.325 e. The van der Waals surface area contributed by atoms with Gasteiger partial charge in [0.1, 0.15) is 11.4 Å². The molecule has 2 aromatic rings. The van der Waals surface area contributed by atoms with Crippen LogP contribution in [0.1, 0.15) is 18.1 Å². The highest BCUT2D eigenvalue weighted by Gasteiger charge is 2.49. The van der Waals surface area contributed by atoms with E-state index in [-0.39, 0.29) is 17.0 Å². The van der Waals surface area contributed by atoms with Crippen LogP contribution in [0.25, 0.3) is 0 Å². The van der Waals surface area contributed by atoms with E-state index in [1.807, 2.05) is 0 Å². The van der Waals surface area contributed by atoms with E-state index in [2.05, 4.69) is 21.2 Å². The topological polar surface area (TPSA) is 83.6 Å². The number of nitrogens with zero attached hydrogens (tertiary/aromatic N) is 1. The summed E-state index contributed by atoms with van der Waals surface area (Å²) in [4.78, 5) is 26.3. The fraction of sp³-hybridized carbons (Fsp3) is 0.222. The third-order valence-corrected chi connectivity index (χ3v) is 6.10. The van der Waals surface area contributed by atoms with Crippen molar-refractivity contribution < 1.29 is 22.4 Å². The van der Waals surface area contributed by atoms with E-state index >= 15 is 0 Å². The first-order valence-corrected chi connectivity index (χ1v) is 10.6. The van der Waals surface area contributed by atoms with Crippen LogP contribution >= 0.6 is 15.9 Å². The molecule has 2 aromatic carbocycles. The van der Waals surface area contributed by atoms with Gasteiger partial charge in [0, 0.05) is 16.3 Å². The lowest BCUT2D eigenvalue weighted by Gasteiger charge is -2.22. The van der Waals surface area contributed by atoms with E-state index in [1.165, 1.54) is 43.3 Å². The van der Waals surface area contributed by atoms with Gasteiger partial charge in [-0.05, 0) is 36.8 Å². The lowest BCUT2D eigenvalue weighted by atomic mass is 9.92. The number of imide groups is 1. The quantitative estimate of drug-likeness (QED) is 0.719. The minimum atomic E-state index is -3.38. The van der Waals surface area contributed by atoms with Crippen LogP contribution < -0.4 is 5.32 Å². The number of rotatable bonds is 4. The molecule has 1 aliphatic heterocycles. The zero-order valence-corrected chi connectivity index (χ0v) is 16.9. The lowest BCUT2D eigenvalue weighted by Crippen LogP contribution is -2.40. The monoisotopic (exact) mass is 454 g/mol. The van der Waals surface area contributed by atoms with E-state index in [4.69, 9.17) is 0 Å². The summed E-state index contributed by atoms with van der Waals surface area (Å²) in [5, 5.41) is 2.61. The Morgan fingerprint density at radius 3 is 2.33 bits per heavy atom. The second kappa shape index (κ2) is 6.72. The summed E-state index contributed by atoms with van der Waals surface area (Å²) in [5.74, 6) is -1.07. The third kappa shape index (κ3) is 3.61. The Morgan fingerprint density at radius 2 is 1.78 bits per heavy atom. The molecule has 0 spiro atoms. The molecular formula is C18H16BrFN2O4S. The Balaban J connectivity index is 1.90. The molecule has 6 nitrogen and oxygen atoms in total. The van der Waals surface area contributed by atoms with E-state index in [1.54, 1.807) is 6.07 Å². The molecule has 1 heterocycles. The van der Waals surface area contributed by atoms with Gasteiger partial charge in [0.05, 0.1) is 11.4 Å². The number of carbonyl (C=O) groups is 2. The maximum atomic E-state index is 14.1. The van der Waals surface area contributed by atoms with Gasteiger partial charge in [-0.1, -0.05) is 34.1 Å². The number of sulfone groups is 1. The molecule has 1 unspecified atom stereocenters. The molecule has 0 aliphatic carbocycles. The highest BCUT2D eigenvalue weighted by molar-refractivity contribution is 9.10. The van der Waals surface area contributed by atoms with Gasteiger partial charge in [-0.15, -0.1) is 0 Å². The Hall–Kier alpha value is -2.26. The molecule has 3 rings (SSSR count). The Labute approximate surface area is 164 Å². The summed E-state index contributed by atoms with van der Waals surface area (Å²) in [6.45, 7) is 1.32. The highest BCUT2D eigenvalue weighted by atomic mass is 79.9. The van der Waals surface area contributed by atoms with Crippen LogP contribution in [-0.2, 0) is 26.7 Å². The summed E-state index contributed by atoms with van der Waals surface area (Å²) in [6, 6.07) is 9.47. The first-order valence-electron chi connectivity index (χ1n) is 7.91. The van der Waals surface area contributed by atoms with Gasteiger partial charge < -0.3 is 5.32 Å². The van der Waals surface area contributed by atoms with E-state index in [9.17, 15) is 22.4 Å². The van der Waals surface area contributed by atoms with Crippen LogP contribution in [0.15, 0.2) is 51.8 Å². The molecule has 1 atom stereocenters. The van der Waals surface area contributed by atoms with Crippen molar-refractivity contribution in [3.63, 3.8) is 0 Å². The largest absolute Gasteiger partial charge is 0.325 e. The predicted octanol–water partition coefficient (Wildman–Crippen LogP) is 2.96. The standard InChI is InChI=1S/C18H16BrFN2O4S/c1-18(12-4-7-14(8-5-12)27(2,25)26)16(23)22(17(24)21-18)10-11-3-6-13(19)9-15(11)20/h3-9H,10H2,1-2H3,(H,21,24). The Kier molecular flexibility index (Phi) is 4.85. The van der Waals surface area contributed by atoms with E-state index in [0.29, 0.717) is 10.0 Å². The van der Waals surface area contributed by atoms with Crippen molar-refractivity contribution >= 4 is 37.7 Å². The fourth-order valence-corrected chi connectivity index (χ4v) is 3.86. The van der Waals surface area contributed by atoms with Crippen molar-refractivity contribution in [2.24, 2.45) is 0 Å². The van der Waals surface area contributed by atoms with Crippen LogP contribution in [0.2, 0.25) is 0 Å². The van der Waals surface area contributed by atoms with Crippen molar-refractivity contribution in [3.8, 4) is 0 Å². The first kappa shape index (κ1) is 19.5. The predicted molar refractivity (Wildman–Crippen MR) is 100 cm³/mol. The molecule has 1 aliphatic rings. The number of carbonyl (C=O) groups excluding carboxylic acids is 2. The molecule has 0 saturated carbocycles. The van der Waals surface area contributed by atoms with Gasteiger partial charge in [-0.3, -0.25) is 9.69 Å². The van der Waals surface area contributed by atoms with Gasteiger partial charge in [-0.2, -0.15) is 0 Å². The highest BCUT2D eigenvalue weighted by Crippen LogP contribution is 2.31. The number of benzene rings is 2. The molecule has 0 radical (unpaired) electrons. The number of halogens is 2. The fourth-order valence-electron chi connectivity index (χ4n) is 2.89. The van der Waals surface area contributed by atoms with Crippen molar-refractivity contribution in [2.75, 3.05) is 6.26 Å². The molecule has 27 heavy (non-hydrogen) atoms. The molecule has 1 saturated heterocycles. The summed E-state index contributed by atoms with van der Waals surface area (Å²) in [5.41, 5.74) is -0.718. The second-order valence-electron chi connectivity index (χ2n) is 6.48. The third-order valence-electron chi connectivity index (χ3n) is 4.48. The summed E-state index contributed by atoms with van der Waals surface area (Å²) < 4.78 is 37.8. The minimum Gasteiger partial charge on any atom is -0.319 e. The molecule has 1 N–H and O–H groups in total. The van der Waals surface area contributed by atoms with Gasteiger partial charge in [0.15, 0.2) is 9.84 Å². The minimum absolute atomic E-state index is 0.111. The van der Waals surface area contributed by atoms with Gasteiger partial charge in [0.2, 0.25) is 0 Å². The van der Waals surface area contributed by atoms with Crippen LogP contribution in [0.3, 0.4) is 0 Å². The average molecular weight is 455 g/mol. The van der Waals surface area contributed by atoms with Gasteiger partial charge >= 0.3 is 6.03 Å². The van der Waals surface area contributed by atoms with Crippen LogP contribution in [0, 0.1) is 5.82 Å². The van der Waals surface area contributed by atoms with E-state index in [0.717, 1.165) is 11.2 Å². The Bertz CT molecular complexity index is 1040. The first-order chi connectivity index (χ1) is 12.5. The second-order valence-corrected chi connectivity index (χ2v) is 9.41. The van der Waals surface area contributed by atoms with Crippen molar-refractivity contribution in [3.05, 3.63) is 63.9 Å². The zero-order chi connectivity index (χ0) is 20.0. The average Bonchev–Trinajstić information content (AvgIpc) is 2.80. The molecule has 3 amide bonds. The van der Waals surface area contributed by atoms with Gasteiger partial charge in [0.25, 0.3) is 5.91 Å². The summed E-state index contributed by atoms with van der Waals surface area (Å²) in [6.07, 6.45) is 1.08. The number of hydrogen-bond acceptors (Lipinski definition) is 4. The molecule has 1 fully saturated rings. The maximum absolute atomic E-state index is 14.1. The van der Waals surface area contributed by atoms with Crippen molar-refractivity contribution in [2.45, 2.75) is 23.9 Å². The number of nitrogens with one attached hydrogen (secondary N) is 1. The number of hydrogen-bond donors (Lipinski definition) is 1. The Morgan fingerprint density at radius 1 is 1.15 bits per heavy atom.